The van der Waals surface area contributed by atoms with Crippen LogP contribution in [0.1, 0.15) is 19.4 Å². The molecule has 1 rings (SSSR count). The van der Waals surface area contributed by atoms with Crippen molar-refractivity contribution in [1.82, 2.24) is 0 Å². The quantitative estimate of drug-likeness (QED) is 0.742. The van der Waals surface area contributed by atoms with Gasteiger partial charge in [-0.15, -0.1) is 0 Å². The summed E-state index contributed by atoms with van der Waals surface area (Å²) in [5.74, 6) is -0.236. The minimum Gasteiger partial charge on any atom is -0.380 e. The minimum atomic E-state index is -0.236. The lowest BCUT2D eigenvalue weighted by Gasteiger charge is -2.23. The van der Waals surface area contributed by atoms with Crippen molar-refractivity contribution < 1.29 is 9.13 Å². The predicted molar refractivity (Wildman–Crippen MR) is 68.7 cm³/mol. The summed E-state index contributed by atoms with van der Waals surface area (Å²) in [4.78, 5) is 2.08. The molecule has 1 aromatic rings. The van der Waals surface area contributed by atoms with E-state index in [1.165, 1.54) is 6.07 Å². The van der Waals surface area contributed by atoms with E-state index in [2.05, 4.69) is 4.90 Å². The van der Waals surface area contributed by atoms with E-state index in [-0.39, 0.29) is 12.4 Å². The molecule has 0 atom stereocenters. The predicted octanol–water partition coefficient (Wildman–Crippen LogP) is 2.15. The van der Waals surface area contributed by atoms with E-state index in [0.29, 0.717) is 18.8 Å². The number of nitrogens with zero attached hydrogens (tertiary/aromatic N) is 1. The normalized spacial score (nSPS) is 10.6. The van der Waals surface area contributed by atoms with E-state index in [9.17, 15) is 4.39 Å². The van der Waals surface area contributed by atoms with E-state index < -0.39 is 0 Å². The lowest BCUT2D eigenvalue weighted by atomic mass is 10.2. The third-order valence-corrected chi connectivity index (χ3v) is 2.71. The standard InChI is InChI=1S/C13H21FN2O/c1-3-16(7-8-17-4-2)12-6-5-11(10-15)13(14)9-12/h5-6,9H,3-4,7-8,10,15H2,1-2H3. The molecule has 0 saturated heterocycles. The van der Waals surface area contributed by atoms with Crippen LogP contribution in [0.4, 0.5) is 10.1 Å². The van der Waals surface area contributed by atoms with E-state index in [0.717, 1.165) is 18.8 Å². The lowest BCUT2D eigenvalue weighted by Crippen LogP contribution is -2.27. The molecule has 1 aromatic carbocycles. The average molecular weight is 240 g/mol. The van der Waals surface area contributed by atoms with Crippen LogP contribution in [-0.2, 0) is 11.3 Å². The molecule has 0 saturated carbocycles. The molecule has 0 aliphatic carbocycles. The van der Waals surface area contributed by atoms with Crippen molar-refractivity contribution in [2.45, 2.75) is 20.4 Å². The highest BCUT2D eigenvalue weighted by Gasteiger charge is 2.07. The zero-order chi connectivity index (χ0) is 12.7. The molecule has 2 N–H and O–H groups in total. The molecule has 3 nitrogen and oxygen atoms in total. The van der Waals surface area contributed by atoms with E-state index in [4.69, 9.17) is 10.5 Å². The molecule has 4 heteroatoms. The van der Waals surface area contributed by atoms with Gasteiger partial charge in [-0.3, -0.25) is 0 Å². The van der Waals surface area contributed by atoms with Gasteiger partial charge in [-0.25, -0.2) is 4.39 Å². The molecule has 0 aromatic heterocycles. The Bertz CT molecular complexity index is 344. The van der Waals surface area contributed by atoms with E-state index in [1.54, 1.807) is 6.07 Å². The van der Waals surface area contributed by atoms with Crippen molar-refractivity contribution in [2.75, 3.05) is 31.2 Å². The number of likely N-dealkylation sites (N-methyl/N-ethyl adjacent to an activating group) is 1. The molecule has 0 spiro atoms. The molecular weight excluding hydrogens is 219 g/mol. The number of hydrogen-bond donors (Lipinski definition) is 1. The smallest absolute Gasteiger partial charge is 0.129 e. The van der Waals surface area contributed by atoms with Crippen LogP contribution < -0.4 is 10.6 Å². The van der Waals surface area contributed by atoms with Crippen LogP contribution in [0.3, 0.4) is 0 Å². The number of benzene rings is 1. The first-order valence-electron chi connectivity index (χ1n) is 6.04. The topological polar surface area (TPSA) is 38.5 Å². The van der Waals surface area contributed by atoms with Gasteiger partial charge in [0, 0.05) is 37.5 Å². The van der Waals surface area contributed by atoms with Crippen molar-refractivity contribution in [2.24, 2.45) is 5.73 Å². The van der Waals surface area contributed by atoms with Gasteiger partial charge in [-0.1, -0.05) is 6.07 Å². The summed E-state index contributed by atoms with van der Waals surface area (Å²) in [6, 6.07) is 5.19. The minimum absolute atomic E-state index is 0.233. The number of nitrogens with two attached hydrogens (primary N) is 1. The van der Waals surface area contributed by atoms with Crippen LogP contribution in [0.15, 0.2) is 18.2 Å². The van der Waals surface area contributed by atoms with Crippen LogP contribution in [0, 0.1) is 5.82 Å². The number of rotatable bonds is 7. The van der Waals surface area contributed by atoms with Crippen LogP contribution in [0.2, 0.25) is 0 Å². The van der Waals surface area contributed by atoms with Crippen LogP contribution in [-0.4, -0.2) is 26.3 Å². The maximum Gasteiger partial charge on any atom is 0.129 e. The van der Waals surface area contributed by atoms with Crippen LogP contribution in [0.25, 0.3) is 0 Å². The third kappa shape index (κ3) is 3.98. The molecule has 0 radical (unpaired) electrons. The monoisotopic (exact) mass is 240 g/mol. The van der Waals surface area contributed by atoms with Crippen LogP contribution in [0.5, 0.6) is 0 Å². The Morgan fingerprint density at radius 2 is 2.12 bits per heavy atom. The molecule has 96 valence electrons. The number of hydrogen-bond acceptors (Lipinski definition) is 3. The molecular formula is C13H21FN2O. The Balaban J connectivity index is 2.71. The van der Waals surface area contributed by atoms with Crippen molar-refractivity contribution in [3.63, 3.8) is 0 Å². The Labute approximate surface area is 102 Å². The first-order valence-corrected chi connectivity index (χ1v) is 6.04. The average Bonchev–Trinajstić information content (AvgIpc) is 2.35. The SMILES string of the molecule is CCOCCN(CC)c1ccc(CN)c(F)c1. The molecule has 0 aliphatic heterocycles. The summed E-state index contributed by atoms with van der Waals surface area (Å²) in [6.45, 7) is 7.20. The highest BCUT2D eigenvalue weighted by Crippen LogP contribution is 2.18. The Morgan fingerprint density at radius 3 is 2.65 bits per heavy atom. The van der Waals surface area contributed by atoms with Crippen molar-refractivity contribution in [1.29, 1.82) is 0 Å². The van der Waals surface area contributed by atoms with Gasteiger partial charge < -0.3 is 15.4 Å². The molecule has 0 bridgehead atoms. The van der Waals surface area contributed by atoms with Gasteiger partial charge in [-0.2, -0.15) is 0 Å². The van der Waals surface area contributed by atoms with Crippen LogP contribution >= 0.6 is 0 Å². The zero-order valence-corrected chi connectivity index (χ0v) is 10.6. The van der Waals surface area contributed by atoms with E-state index >= 15 is 0 Å². The fourth-order valence-corrected chi connectivity index (χ4v) is 1.69. The third-order valence-electron chi connectivity index (χ3n) is 2.71. The zero-order valence-electron chi connectivity index (χ0n) is 10.6. The maximum absolute atomic E-state index is 13.6. The highest BCUT2D eigenvalue weighted by atomic mass is 19.1. The van der Waals surface area contributed by atoms with E-state index in [1.807, 2.05) is 19.9 Å². The largest absolute Gasteiger partial charge is 0.380 e. The van der Waals surface area contributed by atoms with Crippen molar-refractivity contribution >= 4 is 5.69 Å². The Kier molecular flexibility index (Phi) is 5.94. The molecule has 0 fully saturated rings. The van der Waals surface area contributed by atoms with Gasteiger partial charge in [0.15, 0.2) is 0 Å². The second-order valence-corrected chi connectivity index (χ2v) is 3.76. The van der Waals surface area contributed by atoms with Gasteiger partial charge >= 0.3 is 0 Å². The number of halogens is 1. The summed E-state index contributed by atoms with van der Waals surface area (Å²) in [6.07, 6.45) is 0. The highest BCUT2D eigenvalue weighted by molar-refractivity contribution is 5.48. The van der Waals surface area contributed by atoms with Gasteiger partial charge in [0.2, 0.25) is 0 Å². The summed E-state index contributed by atoms with van der Waals surface area (Å²) in [5, 5.41) is 0. The summed E-state index contributed by atoms with van der Waals surface area (Å²) < 4.78 is 18.9. The molecule has 0 aliphatic rings. The first kappa shape index (κ1) is 13.9. The van der Waals surface area contributed by atoms with Crippen molar-refractivity contribution in [3.8, 4) is 0 Å². The van der Waals surface area contributed by atoms with Gasteiger partial charge in [0.05, 0.1) is 6.61 Å². The summed E-state index contributed by atoms with van der Waals surface area (Å²) in [7, 11) is 0. The van der Waals surface area contributed by atoms with Gasteiger partial charge in [0.25, 0.3) is 0 Å². The second-order valence-electron chi connectivity index (χ2n) is 3.76. The fraction of sp³-hybridized carbons (Fsp3) is 0.538. The first-order chi connectivity index (χ1) is 8.22. The van der Waals surface area contributed by atoms with Gasteiger partial charge in [-0.05, 0) is 26.0 Å². The second kappa shape index (κ2) is 7.25. The lowest BCUT2D eigenvalue weighted by molar-refractivity contribution is 0.154. The molecule has 0 amide bonds. The number of ether oxygens (including phenoxy) is 1. The molecule has 17 heavy (non-hydrogen) atoms. The maximum atomic E-state index is 13.6. The Hall–Kier alpha value is -1.13. The van der Waals surface area contributed by atoms with Gasteiger partial charge in [0.1, 0.15) is 5.82 Å². The summed E-state index contributed by atoms with van der Waals surface area (Å²) >= 11 is 0. The molecule has 0 heterocycles. The Morgan fingerprint density at radius 1 is 1.35 bits per heavy atom. The molecule has 0 unspecified atom stereocenters. The van der Waals surface area contributed by atoms with Crippen molar-refractivity contribution in [3.05, 3.63) is 29.6 Å². The fourth-order valence-electron chi connectivity index (χ4n) is 1.69. The number of anilines is 1. The summed E-state index contributed by atoms with van der Waals surface area (Å²) in [5.41, 5.74) is 6.86.